The highest BCUT2D eigenvalue weighted by atomic mass is 16.5. The fourth-order valence-corrected chi connectivity index (χ4v) is 2.33. The summed E-state index contributed by atoms with van der Waals surface area (Å²) in [5.41, 5.74) is 4.90. The molecule has 2 aromatic rings. The van der Waals surface area contributed by atoms with E-state index in [1.807, 2.05) is 19.9 Å². The Bertz CT molecular complexity index is 783. The molecule has 8 nitrogen and oxygen atoms in total. The van der Waals surface area contributed by atoms with Crippen molar-refractivity contribution < 1.29 is 19.0 Å². The molecule has 1 aromatic heterocycles. The van der Waals surface area contributed by atoms with Crippen molar-refractivity contribution >= 4 is 12.1 Å². The number of hydrazone groups is 1. The number of amides is 1. The third-order valence-electron chi connectivity index (χ3n) is 3.53. The molecule has 0 aliphatic rings. The van der Waals surface area contributed by atoms with Gasteiger partial charge in [0.1, 0.15) is 12.3 Å². The minimum absolute atomic E-state index is 0.0973. The van der Waals surface area contributed by atoms with Gasteiger partial charge < -0.3 is 14.2 Å². The van der Waals surface area contributed by atoms with Crippen molar-refractivity contribution in [3.63, 3.8) is 0 Å². The zero-order valence-corrected chi connectivity index (χ0v) is 15.0. The van der Waals surface area contributed by atoms with E-state index in [0.29, 0.717) is 22.8 Å². The second-order valence-electron chi connectivity index (χ2n) is 5.33. The van der Waals surface area contributed by atoms with Gasteiger partial charge in [0.15, 0.2) is 11.5 Å². The third kappa shape index (κ3) is 4.50. The van der Waals surface area contributed by atoms with Gasteiger partial charge in [-0.25, -0.2) is 5.43 Å². The second-order valence-corrected chi connectivity index (χ2v) is 5.33. The van der Waals surface area contributed by atoms with Crippen LogP contribution in [-0.2, 0) is 11.3 Å². The number of ether oxygens (including phenoxy) is 3. The molecule has 0 atom stereocenters. The lowest BCUT2D eigenvalue weighted by atomic mass is 10.2. The number of carbonyl (C=O) groups is 1. The summed E-state index contributed by atoms with van der Waals surface area (Å²) in [4.78, 5) is 12.0. The molecule has 0 unspecified atom stereocenters. The maximum absolute atomic E-state index is 12.0. The van der Waals surface area contributed by atoms with Crippen molar-refractivity contribution in [2.24, 2.45) is 5.10 Å². The van der Waals surface area contributed by atoms with Gasteiger partial charge in [-0.05, 0) is 26.0 Å². The van der Waals surface area contributed by atoms with Crippen molar-refractivity contribution in [1.82, 2.24) is 15.2 Å². The van der Waals surface area contributed by atoms with Crippen LogP contribution in [0.25, 0.3) is 0 Å². The molecule has 0 aliphatic heterocycles. The molecule has 0 radical (unpaired) electrons. The number of hydrogen-bond acceptors (Lipinski definition) is 6. The standard InChI is InChI=1S/C17H22N4O4/c1-11-6-12(2)21(20-11)10-17(22)19-18-9-13-7-15(24-4)16(25-5)8-14(13)23-3/h6-9H,10H2,1-5H3,(H,19,22)/b18-9+. The smallest absolute Gasteiger partial charge is 0.261 e. The molecular weight excluding hydrogens is 324 g/mol. The molecule has 1 amide bonds. The first kappa shape index (κ1) is 18.3. The average molecular weight is 346 g/mol. The topological polar surface area (TPSA) is 87.0 Å². The third-order valence-corrected chi connectivity index (χ3v) is 3.53. The maximum atomic E-state index is 12.0. The molecule has 0 aliphatic carbocycles. The van der Waals surface area contributed by atoms with Crippen LogP contribution in [0.3, 0.4) is 0 Å². The highest BCUT2D eigenvalue weighted by Gasteiger charge is 2.11. The predicted molar refractivity (Wildman–Crippen MR) is 93.5 cm³/mol. The molecule has 0 saturated carbocycles. The SMILES string of the molecule is COc1cc(OC)c(OC)cc1/C=N/NC(=O)Cn1nc(C)cc1C. The van der Waals surface area contributed by atoms with Crippen LogP contribution in [0.2, 0.25) is 0 Å². The molecule has 0 spiro atoms. The summed E-state index contributed by atoms with van der Waals surface area (Å²) < 4.78 is 17.4. The molecule has 1 N–H and O–H groups in total. The maximum Gasteiger partial charge on any atom is 0.261 e. The number of hydrogen-bond donors (Lipinski definition) is 1. The Morgan fingerprint density at radius 3 is 2.32 bits per heavy atom. The van der Waals surface area contributed by atoms with Gasteiger partial charge in [0, 0.05) is 17.3 Å². The molecule has 0 saturated heterocycles. The molecule has 0 fully saturated rings. The number of nitrogens with zero attached hydrogens (tertiary/aromatic N) is 3. The highest BCUT2D eigenvalue weighted by molar-refractivity contribution is 5.86. The summed E-state index contributed by atoms with van der Waals surface area (Å²) in [6, 6.07) is 5.32. The minimum atomic E-state index is -0.276. The molecule has 1 heterocycles. The number of rotatable bonds is 7. The van der Waals surface area contributed by atoms with Gasteiger partial charge in [0.05, 0.1) is 33.2 Å². The van der Waals surface area contributed by atoms with Gasteiger partial charge in [0.25, 0.3) is 5.91 Å². The first-order valence-corrected chi connectivity index (χ1v) is 7.61. The van der Waals surface area contributed by atoms with Crippen LogP contribution in [0.15, 0.2) is 23.3 Å². The van der Waals surface area contributed by atoms with Gasteiger partial charge in [-0.3, -0.25) is 9.48 Å². The summed E-state index contributed by atoms with van der Waals surface area (Å²) in [5.74, 6) is 1.36. The van der Waals surface area contributed by atoms with E-state index in [1.165, 1.54) is 6.21 Å². The van der Waals surface area contributed by atoms with Crippen molar-refractivity contribution in [2.75, 3.05) is 21.3 Å². The molecular formula is C17H22N4O4. The van der Waals surface area contributed by atoms with E-state index in [4.69, 9.17) is 14.2 Å². The lowest BCUT2D eigenvalue weighted by Crippen LogP contribution is -2.24. The fourth-order valence-electron chi connectivity index (χ4n) is 2.33. The first-order chi connectivity index (χ1) is 12.0. The van der Waals surface area contributed by atoms with E-state index < -0.39 is 0 Å². The first-order valence-electron chi connectivity index (χ1n) is 7.61. The number of aryl methyl sites for hydroxylation is 2. The molecule has 2 rings (SSSR count). The quantitative estimate of drug-likeness (QED) is 0.609. The highest BCUT2D eigenvalue weighted by Crippen LogP contribution is 2.33. The molecule has 25 heavy (non-hydrogen) atoms. The van der Waals surface area contributed by atoms with Crippen LogP contribution in [0.4, 0.5) is 0 Å². The lowest BCUT2D eigenvalue weighted by molar-refractivity contribution is -0.121. The summed E-state index contributed by atoms with van der Waals surface area (Å²) in [5, 5.41) is 8.21. The molecule has 1 aromatic carbocycles. The number of benzene rings is 1. The van der Waals surface area contributed by atoms with Gasteiger partial charge in [0.2, 0.25) is 0 Å². The van der Waals surface area contributed by atoms with Crippen molar-refractivity contribution in [3.05, 3.63) is 35.2 Å². The summed E-state index contributed by atoms with van der Waals surface area (Å²) in [7, 11) is 4.63. The van der Waals surface area contributed by atoms with Crippen LogP contribution < -0.4 is 19.6 Å². The lowest BCUT2D eigenvalue weighted by Gasteiger charge is -2.11. The van der Waals surface area contributed by atoms with Gasteiger partial charge in [-0.2, -0.15) is 10.2 Å². The monoisotopic (exact) mass is 346 g/mol. The Kier molecular flexibility index (Phi) is 5.99. The Morgan fingerprint density at radius 1 is 1.12 bits per heavy atom. The summed E-state index contributed by atoms with van der Waals surface area (Å²) >= 11 is 0. The zero-order valence-electron chi connectivity index (χ0n) is 15.0. The van der Waals surface area contributed by atoms with E-state index >= 15 is 0 Å². The number of methoxy groups -OCH3 is 3. The number of nitrogens with one attached hydrogen (secondary N) is 1. The van der Waals surface area contributed by atoms with Gasteiger partial charge >= 0.3 is 0 Å². The second kappa shape index (κ2) is 8.18. The van der Waals surface area contributed by atoms with Crippen LogP contribution in [0.5, 0.6) is 17.2 Å². The Balaban J connectivity index is 2.08. The van der Waals surface area contributed by atoms with Crippen LogP contribution in [-0.4, -0.2) is 43.2 Å². The van der Waals surface area contributed by atoms with Gasteiger partial charge in [-0.1, -0.05) is 0 Å². The summed E-state index contributed by atoms with van der Waals surface area (Å²) in [6.45, 7) is 3.87. The number of aromatic nitrogens is 2. The van der Waals surface area contributed by atoms with Crippen LogP contribution in [0, 0.1) is 13.8 Å². The normalized spacial score (nSPS) is 10.8. The Hall–Kier alpha value is -3.03. The average Bonchev–Trinajstić information content (AvgIpc) is 2.91. The summed E-state index contributed by atoms with van der Waals surface area (Å²) in [6.07, 6.45) is 1.49. The fraction of sp³-hybridized carbons (Fsp3) is 0.353. The minimum Gasteiger partial charge on any atom is -0.496 e. The van der Waals surface area contributed by atoms with Crippen LogP contribution in [0.1, 0.15) is 17.0 Å². The Morgan fingerprint density at radius 2 is 1.76 bits per heavy atom. The number of carbonyl (C=O) groups excluding carboxylic acids is 1. The van der Waals surface area contributed by atoms with E-state index in [2.05, 4.69) is 15.6 Å². The van der Waals surface area contributed by atoms with E-state index in [0.717, 1.165) is 11.4 Å². The van der Waals surface area contributed by atoms with E-state index in [9.17, 15) is 4.79 Å². The van der Waals surface area contributed by atoms with Crippen molar-refractivity contribution in [2.45, 2.75) is 20.4 Å². The molecule has 0 bridgehead atoms. The van der Waals surface area contributed by atoms with Crippen LogP contribution >= 0.6 is 0 Å². The van der Waals surface area contributed by atoms with Crippen molar-refractivity contribution in [1.29, 1.82) is 0 Å². The van der Waals surface area contributed by atoms with Gasteiger partial charge in [-0.15, -0.1) is 0 Å². The molecule has 8 heteroatoms. The van der Waals surface area contributed by atoms with Crippen molar-refractivity contribution in [3.8, 4) is 17.2 Å². The largest absolute Gasteiger partial charge is 0.496 e. The Labute approximate surface area is 146 Å². The van der Waals surface area contributed by atoms with E-state index in [1.54, 1.807) is 38.1 Å². The predicted octanol–water partition coefficient (Wildman–Crippen LogP) is 1.68. The van der Waals surface area contributed by atoms with E-state index in [-0.39, 0.29) is 12.5 Å². The molecule has 134 valence electrons. The zero-order chi connectivity index (χ0) is 18.4.